The average Bonchev–Trinajstić information content (AvgIpc) is 3.12. The molecule has 1 aliphatic heterocycles. The molecule has 1 heterocycles. The van der Waals surface area contributed by atoms with Crippen molar-refractivity contribution in [1.82, 2.24) is 5.06 Å². The fraction of sp³-hybridized carbons (Fsp3) is 0.600. The van der Waals surface area contributed by atoms with Crippen LogP contribution in [0.3, 0.4) is 0 Å². The van der Waals surface area contributed by atoms with Crippen LogP contribution in [-0.2, 0) is 45.5 Å². The quantitative estimate of drug-likeness (QED) is 0.0896. The Hall–Kier alpha value is -1.79. The second-order valence-corrected chi connectivity index (χ2v) is 10.4. The van der Waals surface area contributed by atoms with Crippen molar-refractivity contribution in [2.75, 3.05) is 0 Å². The number of hydrogen-bond acceptors (Lipinski definition) is 9. The minimum absolute atomic E-state index is 0. The summed E-state index contributed by atoms with van der Waals surface area (Å²) in [5.41, 5.74) is 0.982. The van der Waals surface area contributed by atoms with E-state index in [-0.39, 0.29) is 47.0 Å². The molecule has 2 rings (SSSR count). The first-order valence-corrected chi connectivity index (χ1v) is 13.9. The number of ether oxygens (including phenoxy) is 1. The number of carbonyl (C=O) groups is 4. The Balaban J connectivity index is 0.00000684. The van der Waals surface area contributed by atoms with Crippen molar-refractivity contribution in [3.05, 3.63) is 35.9 Å². The van der Waals surface area contributed by atoms with Crippen LogP contribution in [0.5, 0.6) is 0 Å². The maximum atomic E-state index is 11.8. The van der Waals surface area contributed by atoms with Gasteiger partial charge in [-0.2, -0.15) is 0 Å². The van der Waals surface area contributed by atoms with Crippen LogP contribution < -0.4 is 29.6 Å². The second kappa shape index (κ2) is 17.7. The third kappa shape index (κ3) is 13.0. The maximum Gasteiger partial charge on any atom is 1.00 e. The van der Waals surface area contributed by atoms with Gasteiger partial charge in [0.25, 0.3) is 11.8 Å². The number of unbranched alkanes of at least 4 members (excludes halogenated alkanes) is 9. The summed E-state index contributed by atoms with van der Waals surface area (Å²) in [6.45, 7) is 0.314. The Labute approximate surface area is 240 Å². The Morgan fingerprint density at radius 3 is 1.81 bits per heavy atom. The van der Waals surface area contributed by atoms with Crippen LogP contribution in [0.25, 0.3) is 0 Å². The van der Waals surface area contributed by atoms with E-state index in [0.29, 0.717) is 19.4 Å². The molecule has 1 unspecified atom stereocenters. The van der Waals surface area contributed by atoms with Gasteiger partial charge >= 0.3 is 41.5 Å². The van der Waals surface area contributed by atoms with Gasteiger partial charge < -0.3 is 14.1 Å². The largest absolute Gasteiger partial charge is 1.00 e. The molecule has 0 saturated carbocycles. The summed E-state index contributed by atoms with van der Waals surface area (Å²) in [4.78, 5) is 51.7. The van der Waals surface area contributed by atoms with E-state index in [9.17, 15) is 32.1 Å². The Kier molecular flexibility index (Phi) is 15.9. The molecule has 0 aromatic heterocycles. The summed E-state index contributed by atoms with van der Waals surface area (Å²) >= 11 is 0. The average molecular weight is 548 g/mol. The second-order valence-electron chi connectivity index (χ2n) is 8.86. The van der Waals surface area contributed by atoms with E-state index in [1.165, 1.54) is 0 Å². The van der Waals surface area contributed by atoms with Crippen LogP contribution in [0.4, 0.5) is 0 Å². The van der Waals surface area contributed by atoms with Gasteiger partial charge in [0.05, 0.1) is 6.42 Å². The van der Waals surface area contributed by atoms with Gasteiger partial charge in [-0.25, -0.2) is 13.2 Å². The van der Waals surface area contributed by atoms with E-state index in [2.05, 4.69) is 4.84 Å². The van der Waals surface area contributed by atoms with Gasteiger partial charge in [-0.3, -0.25) is 14.4 Å². The molecule has 1 atom stereocenters. The monoisotopic (exact) mass is 547 g/mol. The van der Waals surface area contributed by atoms with E-state index in [4.69, 9.17) is 4.74 Å². The number of amides is 2. The first kappa shape index (κ1) is 33.2. The van der Waals surface area contributed by atoms with Crippen LogP contribution in [0, 0.1) is 0 Å². The van der Waals surface area contributed by atoms with Gasteiger partial charge in [-0.1, -0.05) is 81.7 Å². The Morgan fingerprint density at radius 2 is 1.32 bits per heavy atom. The van der Waals surface area contributed by atoms with Crippen LogP contribution in [0.2, 0.25) is 0 Å². The number of benzene rings is 1. The zero-order valence-electron chi connectivity index (χ0n) is 21.4. The fourth-order valence-electron chi connectivity index (χ4n) is 3.81. The standard InChI is InChI=1S/C25H35NO9S.Na/c27-22-18-21(36(31,32)33)25(30)26(22)35-24(29)17-13-8-6-4-2-1-3-5-7-12-16-23(28)34-19-20-14-10-9-11-15-20;/h9-11,14-15,21H,1-8,12-13,16-19H2,(H,31,32,33);/q;+1/p-1. The first-order valence-electron chi connectivity index (χ1n) is 12.4. The number of hydroxylamine groups is 2. The van der Waals surface area contributed by atoms with E-state index in [1.54, 1.807) is 0 Å². The predicted octanol–water partition coefficient (Wildman–Crippen LogP) is 0.546. The molecule has 1 saturated heterocycles. The molecule has 200 valence electrons. The number of hydrogen-bond donors (Lipinski definition) is 0. The molecule has 1 aliphatic rings. The van der Waals surface area contributed by atoms with Gasteiger partial charge in [0, 0.05) is 12.8 Å². The van der Waals surface area contributed by atoms with Crippen LogP contribution in [0.15, 0.2) is 30.3 Å². The molecule has 1 aromatic carbocycles. The molecule has 0 spiro atoms. The molecule has 1 aromatic rings. The molecular weight excluding hydrogens is 513 g/mol. The zero-order chi connectivity index (χ0) is 26.4. The third-order valence-corrected chi connectivity index (χ3v) is 6.92. The summed E-state index contributed by atoms with van der Waals surface area (Å²) in [5.74, 6) is -3.31. The van der Waals surface area contributed by atoms with Crippen molar-refractivity contribution in [2.45, 2.75) is 95.3 Å². The van der Waals surface area contributed by atoms with Crippen molar-refractivity contribution in [3.8, 4) is 0 Å². The van der Waals surface area contributed by atoms with Gasteiger partial charge in [-0.05, 0) is 18.4 Å². The SMILES string of the molecule is O=C(CCCCCCCCCCCCC(=O)ON1C(=O)CC(S(=O)(=O)[O-])C1=O)OCc1ccccc1.[Na+]. The maximum absolute atomic E-state index is 11.8. The summed E-state index contributed by atoms with van der Waals surface area (Å²) < 4.78 is 38.2. The minimum Gasteiger partial charge on any atom is -0.747 e. The number of carbonyl (C=O) groups excluding carboxylic acids is 4. The molecule has 1 fully saturated rings. The van der Waals surface area contributed by atoms with Gasteiger partial charge in [0.2, 0.25) is 0 Å². The first-order chi connectivity index (χ1) is 17.2. The van der Waals surface area contributed by atoms with Gasteiger partial charge in [-0.15, -0.1) is 5.06 Å². The molecular formula is C25H34NNaO9S. The van der Waals surface area contributed by atoms with E-state index in [1.807, 2.05) is 30.3 Å². The summed E-state index contributed by atoms with van der Waals surface area (Å²) in [6.07, 6.45) is 9.02. The minimum atomic E-state index is -4.98. The molecule has 0 N–H and O–H groups in total. The molecule has 0 radical (unpaired) electrons. The molecule has 0 bridgehead atoms. The van der Waals surface area contributed by atoms with Crippen LogP contribution in [0.1, 0.15) is 89.0 Å². The van der Waals surface area contributed by atoms with Crippen molar-refractivity contribution in [1.29, 1.82) is 0 Å². The zero-order valence-corrected chi connectivity index (χ0v) is 24.2. The van der Waals surface area contributed by atoms with Crippen molar-refractivity contribution >= 4 is 33.9 Å². The normalized spacial score (nSPS) is 15.4. The predicted molar refractivity (Wildman–Crippen MR) is 128 cm³/mol. The Bertz CT molecular complexity index is 985. The fourth-order valence-corrected chi connectivity index (χ4v) is 4.50. The van der Waals surface area contributed by atoms with Crippen molar-refractivity contribution < 1.29 is 71.3 Å². The van der Waals surface area contributed by atoms with Gasteiger partial charge in [0.1, 0.15) is 22.0 Å². The van der Waals surface area contributed by atoms with Crippen molar-refractivity contribution in [2.24, 2.45) is 0 Å². The van der Waals surface area contributed by atoms with E-state index in [0.717, 1.165) is 63.4 Å². The molecule has 10 nitrogen and oxygen atoms in total. The third-order valence-electron chi connectivity index (χ3n) is 5.86. The summed E-state index contributed by atoms with van der Waals surface area (Å²) in [6, 6.07) is 9.59. The molecule has 0 aliphatic carbocycles. The number of imide groups is 1. The van der Waals surface area contributed by atoms with E-state index < -0.39 is 39.6 Å². The van der Waals surface area contributed by atoms with Crippen molar-refractivity contribution in [3.63, 3.8) is 0 Å². The van der Waals surface area contributed by atoms with E-state index >= 15 is 0 Å². The van der Waals surface area contributed by atoms with Crippen LogP contribution >= 0.6 is 0 Å². The summed E-state index contributed by atoms with van der Waals surface area (Å²) in [7, 11) is -4.98. The number of rotatable bonds is 17. The summed E-state index contributed by atoms with van der Waals surface area (Å²) in [5, 5.41) is -1.94. The smallest absolute Gasteiger partial charge is 0.747 e. The molecule has 2 amide bonds. The topological polar surface area (TPSA) is 147 Å². The molecule has 12 heteroatoms. The van der Waals surface area contributed by atoms with Gasteiger partial charge in [0.15, 0.2) is 0 Å². The Morgan fingerprint density at radius 1 is 0.838 bits per heavy atom. The number of nitrogens with zero attached hydrogens (tertiary/aromatic N) is 1. The number of esters is 1. The molecule has 37 heavy (non-hydrogen) atoms. The van der Waals surface area contributed by atoms with Crippen LogP contribution in [-0.4, -0.2) is 47.0 Å².